The van der Waals surface area contributed by atoms with E-state index in [1.165, 1.54) is 0 Å². The third-order valence-corrected chi connectivity index (χ3v) is 2.27. The van der Waals surface area contributed by atoms with Crippen LogP contribution < -0.4 is 5.32 Å². The molecule has 2 heterocycles. The van der Waals surface area contributed by atoms with Gasteiger partial charge in [-0.2, -0.15) is 0 Å². The molecule has 0 aliphatic rings. The minimum absolute atomic E-state index is 0.766. The number of pyridine rings is 1. The van der Waals surface area contributed by atoms with Crippen molar-refractivity contribution in [3.63, 3.8) is 0 Å². The van der Waals surface area contributed by atoms with Crippen molar-refractivity contribution >= 4 is 5.69 Å². The first-order chi connectivity index (χ1) is 7.25. The highest BCUT2D eigenvalue weighted by Crippen LogP contribution is 2.08. The van der Waals surface area contributed by atoms with Crippen LogP contribution in [0.1, 0.15) is 11.3 Å². The highest BCUT2D eigenvalue weighted by Gasteiger charge is 1.98. The van der Waals surface area contributed by atoms with Crippen LogP contribution in [0.4, 0.5) is 5.69 Å². The maximum Gasteiger partial charge on any atom is 0.0946 e. The van der Waals surface area contributed by atoms with E-state index in [2.05, 4.69) is 21.4 Å². The predicted molar refractivity (Wildman–Crippen MR) is 59.5 cm³/mol. The number of rotatable bonds is 3. The van der Waals surface area contributed by atoms with Crippen LogP contribution in [0.25, 0.3) is 0 Å². The van der Waals surface area contributed by atoms with Gasteiger partial charge in [0.1, 0.15) is 0 Å². The summed E-state index contributed by atoms with van der Waals surface area (Å²) in [7, 11) is 1.98. The Morgan fingerprint density at radius 3 is 2.80 bits per heavy atom. The molecule has 0 bridgehead atoms. The van der Waals surface area contributed by atoms with Gasteiger partial charge >= 0.3 is 0 Å². The number of aromatic nitrogens is 3. The van der Waals surface area contributed by atoms with Gasteiger partial charge in [-0.1, -0.05) is 0 Å². The summed E-state index contributed by atoms with van der Waals surface area (Å²) in [5, 5.41) is 3.31. The molecule has 0 saturated heterocycles. The van der Waals surface area contributed by atoms with Crippen LogP contribution in [-0.4, -0.2) is 14.5 Å². The second kappa shape index (κ2) is 4.13. The van der Waals surface area contributed by atoms with Crippen molar-refractivity contribution in [2.75, 3.05) is 5.32 Å². The third kappa shape index (κ3) is 2.34. The summed E-state index contributed by atoms with van der Waals surface area (Å²) in [5.41, 5.74) is 3.35. The highest BCUT2D eigenvalue weighted by atomic mass is 15.0. The van der Waals surface area contributed by atoms with Crippen molar-refractivity contribution in [1.82, 2.24) is 14.5 Å². The van der Waals surface area contributed by atoms with Crippen molar-refractivity contribution < 1.29 is 0 Å². The van der Waals surface area contributed by atoms with Gasteiger partial charge < -0.3 is 9.88 Å². The quantitative estimate of drug-likeness (QED) is 0.824. The molecule has 78 valence electrons. The fourth-order valence-corrected chi connectivity index (χ4v) is 1.40. The van der Waals surface area contributed by atoms with Gasteiger partial charge in [0.15, 0.2) is 0 Å². The van der Waals surface area contributed by atoms with Crippen LogP contribution in [0.3, 0.4) is 0 Å². The minimum Gasteiger partial charge on any atom is -0.378 e. The lowest BCUT2D eigenvalue weighted by molar-refractivity contribution is 0.837. The SMILES string of the molecule is Cc1cncc(NCc2cncn2C)c1. The number of hydrogen-bond acceptors (Lipinski definition) is 3. The molecule has 0 saturated carbocycles. The summed E-state index contributed by atoms with van der Waals surface area (Å²) in [6, 6.07) is 2.07. The number of anilines is 1. The first-order valence-electron chi connectivity index (χ1n) is 4.86. The topological polar surface area (TPSA) is 42.7 Å². The Labute approximate surface area is 89.0 Å². The summed E-state index contributed by atoms with van der Waals surface area (Å²) in [6.07, 6.45) is 7.32. The molecule has 0 amide bonds. The van der Waals surface area contributed by atoms with Crippen molar-refractivity contribution in [3.8, 4) is 0 Å². The number of nitrogens with zero attached hydrogens (tertiary/aromatic N) is 3. The molecule has 0 fully saturated rings. The van der Waals surface area contributed by atoms with Gasteiger partial charge in [-0.05, 0) is 18.6 Å². The fourth-order valence-electron chi connectivity index (χ4n) is 1.40. The zero-order valence-electron chi connectivity index (χ0n) is 8.94. The number of nitrogens with one attached hydrogen (secondary N) is 1. The Kier molecular flexibility index (Phi) is 2.67. The van der Waals surface area contributed by atoms with Crippen LogP contribution in [0.2, 0.25) is 0 Å². The lowest BCUT2D eigenvalue weighted by Gasteiger charge is -2.06. The van der Waals surface area contributed by atoms with Gasteiger partial charge in [-0.25, -0.2) is 4.98 Å². The largest absolute Gasteiger partial charge is 0.378 e. The van der Waals surface area contributed by atoms with Crippen molar-refractivity contribution in [2.24, 2.45) is 7.05 Å². The maximum absolute atomic E-state index is 4.12. The van der Waals surface area contributed by atoms with Gasteiger partial charge in [-0.15, -0.1) is 0 Å². The highest BCUT2D eigenvalue weighted by molar-refractivity contribution is 5.42. The molecular formula is C11H14N4. The van der Waals surface area contributed by atoms with Gasteiger partial charge in [0.05, 0.1) is 24.3 Å². The average molecular weight is 202 g/mol. The molecule has 0 aliphatic carbocycles. The van der Waals surface area contributed by atoms with E-state index in [1.807, 2.05) is 37.1 Å². The third-order valence-electron chi connectivity index (χ3n) is 2.27. The Hall–Kier alpha value is -1.84. The summed E-state index contributed by atoms with van der Waals surface area (Å²) < 4.78 is 2.00. The van der Waals surface area contributed by atoms with Gasteiger partial charge in [-0.3, -0.25) is 4.98 Å². The second-order valence-electron chi connectivity index (χ2n) is 3.60. The molecule has 0 unspecified atom stereocenters. The van der Waals surface area contributed by atoms with E-state index in [0.717, 1.165) is 23.5 Å². The van der Waals surface area contributed by atoms with Crippen molar-refractivity contribution in [1.29, 1.82) is 0 Å². The first-order valence-corrected chi connectivity index (χ1v) is 4.86. The molecule has 0 spiro atoms. The summed E-state index contributed by atoms with van der Waals surface area (Å²) in [6.45, 7) is 2.80. The lowest BCUT2D eigenvalue weighted by Crippen LogP contribution is -2.04. The number of aryl methyl sites for hydroxylation is 2. The summed E-state index contributed by atoms with van der Waals surface area (Å²) >= 11 is 0. The molecule has 2 aromatic rings. The molecule has 15 heavy (non-hydrogen) atoms. The Morgan fingerprint density at radius 1 is 1.27 bits per heavy atom. The van der Waals surface area contributed by atoms with E-state index in [9.17, 15) is 0 Å². The van der Waals surface area contributed by atoms with Gasteiger partial charge in [0.2, 0.25) is 0 Å². The predicted octanol–water partition coefficient (Wildman–Crippen LogP) is 1.74. The molecular weight excluding hydrogens is 188 g/mol. The molecule has 4 nitrogen and oxygen atoms in total. The Bertz CT molecular complexity index is 447. The lowest BCUT2D eigenvalue weighted by atomic mass is 10.3. The second-order valence-corrected chi connectivity index (χ2v) is 3.60. The average Bonchev–Trinajstić information content (AvgIpc) is 2.61. The van der Waals surface area contributed by atoms with Gasteiger partial charge in [0.25, 0.3) is 0 Å². The van der Waals surface area contributed by atoms with E-state index < -0.39 is 0 Å². The zero-order valence-corrected chi connectivity index (χ0v) is 8.94. The van der Waals surface area contributed by atoms with Crippen molar-refractivity contribution in [2.45, 2.75) is 13.5 Å². The monoisotopic (exact) mass is 202 g/mol. The van der Waals surface area contributed by atoms with E-state index in [-0.39, 0.29) is 0 Å². The molecule has 2 aromatic heterocycles. The molecule has 0 aromatic carbocycles. The van der Waals surface area contributed by atoms with E-state index in [4.69, 9.17) is 0 Å². The number of imidazole rings is 1. The maximum atomic E-state index is 4.12. The summed E-state index contributed by atoms with van der Waals surface area (Å²) in [4.78, 5) is 8.18. The van der Waals surface area contributed by atoms with Crippen LogP contribution in [0.15, 0.2) is 31.0 Å². The molecule has 0 atom stereocenters. The van der Waals surface area contributed by atoms with Crippen LogP contribution in [0.5, 0.6) is 0 Å². The van der Waals surface area contributed by atoms with Crippen LogP contribution >= 0.6 is 0 Å². The molecule has 2 rings (SSSR count). The Balaban J connectivity index is 2.02. The van der Waals surface area contributed by atoms with E-state index in [0.29, 0.717) is 0 Å². The van der Waals surface area contributed by atoms with E-state index in [1.54, 1.807) is 6.33 Å². The number of hydrogen-bond donors (Lipinski definition) is 1. The van der Waals surface area contributed by atoms with Crippen molar-refractivity contribution in [3.05, 3.63) is 42.2 Å². The van der Waals surface area contributed by atoms with E-state index >= 15 is 0 Å². The van der Waals surface area contributed by atoms with Crippen LogP contribution in [0, 0.1) is 6.92 Å². The zero-order chi connectivity index (χ0) is 10.7. The first kappa shape index (κ1) is 9.71. The smallest absolute Gasteiger partial charge is 0.0946 e. The summed E-state index contributed by atoms with van der Waals surface area (Å²) in [5.74, 6) is 0. The normalized spacial score (nSPS) is 10.3. The molecule has 0 radical (unpaired) electrons. The minimum atomic E-state index is 0.766. The molecule has 0 aliphatic heterocycles. The van der Waals surface area contributed by atoms with Crippen LogP contribution in [-0.2, 0) is 13.6 Å². The molecule has 1 N–H and O–H groups in total. The standard InChI is InChI=1S/C11H14N4/c1-9-3-10(5-12-4-9)14-7-11-6-13-8-15(11)2/h3-6,8,14H,7H2,1-2H3. The fraction of sp³-hybridized carbons (Fsp3) is 0.273. The Morgan fingerprint density at radius 2 is 2.13 bits per heavy atom. The molecule has 4 heteroatoms. The van der Waals surface area contributed by atoms with Gasteiger partial charge in [0, 0.05) is 25.6 Å².